The van der Waals surface area contributed by atoms with Crippen LogP contribution in [-0.4, -0.2) is 57.7 Å². The molecule has 4 atom stereocenters. The van der Waals surface area contributed by atoms with Crippen molar-refractivity contribution in [2.24, 2.45) is 0 Å². The highest BCUT2D eigenvalue weighted by atomic mass is 16.4. The summed E-state index contributed by atoms with van der Waals surface area (Å²) >= 11 is 0. The lowest BCUT2D eigenvalue weighted by Gasteiger charge is -2.26. The maximum atomic E-state index is 11.8. The van der Waals surface area contributed by atoms with E-state index in [9.17, 15) is 24.9 Å². The van der Waals surface area contributed by atoms with Gasteiger partial charge < -0.3 is 35.0 Å². The summed E-state index contributed by atoms with van der Waals surface area (Å²) in [7, 11) is 0. The van der Waals surface area contributed by atoms with Gasteiger partial charge in [0, 0.05) is 22.7 Å². The number of aldehydes is 1. The fourth-order valence-electron chi connectivity index (χ4n) is 2.48. The summed E-state index contributed by atoms with van der Waals surface area (Å²) in [6.45, 7) is 2.70. The van der Waals surface area contributed by atoms with Crippen molar-refractivity contribution in [3.63, 3.8) is 0 Å². The molecular formula is C17H21NO7. The summed E-state index contributed by atoms with van der Waals surface area (Å²) in [5.41, 5.74) is 1.52. The number of carbonyl (C=O) groups excluding carboxylic acids is 1. The van der Waals surface area contributed by atoms with Gasteiger partial charge in [0.1, 0.15) is 36.2 Å². The molecule has 0 saturated heterocycles. The first-order chi connectivity index (χ1) is 11.8. The normalized spacial score (nSPS) is 16.2. The molecule has 0 amide bonds. The second-order valence-corrected chi connectivity index (χ2v) is 5.89. The number of aryl methyl sites for hydroxylation is 1. The van der Waals surface area contributed by atoms with E-state index >= 15 is 0 Å². The van der Waals surface area contributed by atoms with Crippen LogP contribution in [0, 0.1) is 13.8 Å². The van der Waals surface area contributed by atoms with Crippen molar-refractivity contribution < 1.29 is 29.6 Å². The van der Waals surface area contributed by atoms with Crippen LogP contribution in [0.5, 0.6) is 0 Å². The van der Waals surface area contributed by atoms with Crippen LogP contribution in [0.15, 0.2) is 27.4 Å². The summed E-state index contributed by atoms with van der Waals surface area (Å²) in [6, 6.07) is 3.59. The number of benzene rings is 1. The van der Waals surface area contributed by atoms with Crippen LogP contribution in [-0.2, 0) is 4.79 Å². The predicted octanol–water partition coefficient (Wildman–Crippen LogP) is -0.536. The molecule has 1 aromatic heterocycles. The van der Waals surface area contributed by atoms with E-state index in [2.05, 4.69) is 5.32 Å². The number of nitrogens with one attached hydrogen (secondary N) is 1. The maximum absolute atomic E-state index is 11.8. The molecule has 2 aromatic rings. The standard InChI is InChI=1S/C17H21NO7/c1-8-9(2)17(24)25-14-5-10(3-4-11(8)14)18-12(6-19)15(22)16(23)13(21)7-20/h3-6,12-13,15-16,18,20-23H,7H2,1-2H3/t12-,13+,15+,16+/m1/s1. The smallest absolute Gasteiger partial charge is 0.339 e. The van der Waals surface area contributed by atoms with Gasteiger partial charge in [-0.25, -0.2) is 4.79 Å². The largest absolute Gasteiger partial charge is 0.422 e. The Labute approximate surface area is 143 Å². The fraction of sp³-hybridized carbons (Fsp3) is 0.412. The Bertz CT molecular complexity index is 816. The van der Waals surface area contributed by atoms with Crippen molar-refractivity contribution in [3.05, 3.63) is 39.7 Å². The molecule has 0 unspecified atom stereocenters. The molecule has 0 aliphatic heterocycles. The van der Waals surface area contributed by atoms with E-state index < -0.39 is 36.6 Å². The van der Waals surface area contributed by atoms with E-state index in [0.29, 0.717) is 23.1 Å². The minimum absolute atomic E-state index is 0.313. The van der Waals surface area contributed by atoms with E-state index in [4.69, 9.17) is 9.52 Å². The highest BCUT2D eigenvalue weighted by Gasteiger charge is 2.31. The lowest BCUT2D eigenvalue weighted by Crippen LogP contribution is -2.49. The van der Waals surface area contributed by atoms with E-state index in [1.807, 2.05) is 0 Å². The third-order valence-electron chi connectivity index (χ3n) is 4.24. The zero-order valence-electron chi connectivity index (χ0n) is 13.8. The zero-order chi connectivity index (χ0) is 18.7. The molecule has 0 aliphatic rings. The first kappa shape index (κ1) is 19.1. The zero-order valence-corrected chi connectivity index (χ0v) is 13.8. The highest BCUT2D eigenvalue weighted by molar-refractivity contribution is 5.84. The third kappa shape index (κ3) is 3.88. The number of carbonyl (C=O) groups is 1. The van der Waals surface area contributed by atoms with Gasteiger partial charge in [0.05, 0.1) is 6.61 Å². The Hall–Kier alpha value is -2.26. The first-order valence-corrected chi connectivity index (χ1v) is 7.71. The molecule has 0 spiro atoms. The Kier molecular flexibility index (Phi) is 5.91. The van der Waals surface area contributed by atoms with Crippen molar-refractivity contribution in [2.75, 3.05) is 11.9 Å². The van der Waals surface area contributed by atoms with Crippen LogP contribution in [0.25, 0.3) is 11.0 Å². The number of anilines is 1. The lowest BCUT2D eigenvalue weighted by atomic mass is 10.0. The van der Waals surface area contributed by atoms with Gasteiger partial charge in [0.25, 0.3) is 0 Å². The van der Waals surface area contributed by atoms with Crippen molar-refractivity contribution >= 4 is 22.9 Å². The molecule has 0 bridgehead atoms. The number of aliphatic hydroxyl groups excluding tert-OH is 4. The number of hydrogen-bond donors (Lipinski definition) is 5. The number of fused-ring (bicyclic) bond motifs is 1. The molecule has 8 nitrogen and oxygen atoms in total. The Morgan fingerprint density at radius 1 is 1.16 bits per heavy atom. The van der Waals surface area contributed by atoms with Crippen LogP contribution < -0.4 is 10.9 Å². The second kappa shape index (κ2) is 7.75. The van der Waals surface area contributed by atoms with Gasteiger partial charge in [-0.15, -0.1) is 0 Å². The summed E-state index contributed by atoms with van der Waals surface area (Å²) in [4.78, 5) is 23.0. The fourth-order valence-corrected chi connectivity index (χ4v) is 2.48. The summed E-state index contributed by atoms with van der Waals surface area (Å²) < 4.78 is 5.22. The average Bonchev–Trinajstić information content (AvgIpc) is 2.62. The SMILES string of the molecule is Cc1c(C)c2ccc(N[C@H](C=O)[C@H](O)[C@@H](O)[C@@H](O)CO)cc2oc1=O. The molecule has 8 heteroatoms. The number of rotatable bonds is 7. The molecule has 1 aromatic carbocycles. The maximum Gasteiger partial charge on any atom is 0.339 e. The molecule has 0 fully saturated rings. The van der Waals surface area contributed by atoms with Gasteiger partial charge in [-0.3, -0.25) is 0 Å². The van der Waals surface area contributed by atoms with Crippen LogP contribution in [0.4, 0.5) is 5.69 Å². The van der Waals surface area contributed by atoms with Crippen LogP contribution in [0.2, 0.25) is 0 Å². The van der Waals surface area contributed by atoms with E-state index in [0.717, 1.165) is 10.9 Å². The molecule has 136 valence electrons. The topological polar surface area (TPSA) is 140 Å². The Balaban J connectivity index is 2.30. The van der Waals surface area contributed by atoms with Crippen LogP contribution in [0.3, 0.4) is 0 Å². The van der Waals surface area contributed by atoms with E-state index in [-0.39, 0.29) is 0 Å². The first-order valence-electron chi connectivity index (χ1n) is 7.71. The quantitative estimate of drug-likeness (QED) is 0.331. The van der Waals surface area contributed by atoms with Crippen LogP contribution in [0.1, 0.15) is 11.1 Å². The Morgan fingerprint density at radius 3 is 2.44 bits per heavy atom. The molecule has 0 aliphatic carbocycles. The van der Waals surface area contributed by atoms with Gasteiger partial charge in [-0.1, -0.05) is 0 Å². The van der Waals surface area contributed by atoms with Gasteiger partial charge in [-0.2, -0.15) is 0 Å². The van der Waals surface area contributed by atoms with Gasteiger partial charge in [0.15, 0.2) is 0 Å². The lowest BCUT2D eigenvalue weighted by molar-refractivity contribution is -0.117. The number of aliphatic hydroxyl groups is 4. The summed E-state index contributed by atoms with van der Waals surface area (Å²) in [6.07, 6.45) is -4.57. The van der Waals surface area contributed by atoms with Gasteiger partial charge >= 0.3 is 5.63 Å². The number of hydrogen-bond acceptors (Lipinski definition) is 8. The van der Waals surface area contributed by atoms with Crippen molar-refractivity contribution in [1.82, 2.24) is 0 Å². The minimum atomic E-state index is -1.71. The molecule has 0 saturated carbocycles. The van der Waals surface area contributed by atoms with E-state index in [1.165, 1.54) is 6.07 Å². The molecule has 2 rings (SSSR count). The highest BCUT2D eigenvalue weighted by Crippen LogP contribution is 2.23. The Morgan fingerprint density at radius 2 is 1.84 bits per heavy atom. The third-order valence-corrected chi connectivity index (χ3v) is 4.24. The molecule has 0 radical (unpaired) electrons. The van der Waals surface area contributed by atoms with Gasteiger partial charge in [0.2, 0.25) is 0 Å². The molecule has 25 heavy (non-hydrogen) atoms. The van der Waals surface area contributed by atoms with E-state index in [1.54, 1.807) is 26.0 Å². The summed E-state index contributed by atoms with van der Waals surface area (Å²) in [5, 5.41) is 41.4. The predicted molar refractivity (Wildman–Crippen MR) is 90.5 cm³/mol. The molecule has 1 heterocycles. The molecule has 5 N–H and O–H groups in total. The van der Waals surface area contributed by atoms with Crippen LogP contribution >= 0.6 is 0 Å². The second-order valence-electron chi connectivity index (χ2n) is 5.89. The minimum Gasteiger partial charge on any atom is -0.422 e. The average molecular weight is 351 g/mol. The monoisotopic (exact) mass is 351 g/mol. The molecular weight excluding hydrogens is 330 g/mol. The summed E-state index contributed by atoms with van der Waals surface area (Å²) in [5.74, 6) is 0. The van der Waals surface area contributed by atoms with Gasteiger partial charge in [-0.05, 0) is 31.5 Å². The van der Waals surface area contributed by atoms with Crippen molar-refractivity contribution in [1.29, 1.82) is 0 Å². The van der Waals surface area contributed by atoms with Crippen molar-refractivity contribution in [2.45, 2.75) is 38.2 Å². The van der Waals surface area contributed by atoms with Crippen molar-refractivity contribution in [3.8, 4) is 0 Å².